The lowest BCUT2D eigenvalue weighted by atomic mass is 10.0. The summed E-state index contributed by atoms with van der Waals surface area (Å²) in [5.74, 6) is 0.132. The number of carbonyl (C=O) groups is 1. The van der Waals surface area contributed by atoms with Crippen LogP contribution >= 0.6 is 22.6 Å². The summed E-state index contributed by atoms with van der Waals surface area (Å²) in [6.07, 6.45) is 2.94. The van der Waals surface area contributed by atoms with E-state index >= 15 is 0 Å². The van der Waals surface area contributed by atoms with Gasteiger partial charge in [-0.1, -0.05) is 41.2 Å². The molecular weight excluding hydrogens is 291 g/mol. The van der Waals surface area contributed by atoms with Crippen molar-refractivity contribution in [1.29, 1.82) is 0 Å². The smallest absolute Gasteiger partial charge is 0.333 e. The number of hydrogen-bond donors (Lipinski definition) is 0. The molecule has 0 amide bonds. The molecule has 0 bridgehead atoms. The summed E-state index contributed by atoms with van der Waals surface area (Å²) < 4.78 is 6.69. The highest BCUT2D eigenvalue weighted by Crippen LogP contribution is 2.15. The maximum atomic E-state index is 11.1. The summed E-state index contributed by atoms with van der Waals surface area (Å²) in [5, 5.41) is 0. The topological polar surface area (TPSA) is 26.3 Å². The van der Waals surface area contributed by atoms with Gasteiger partial charge in [-0.05, 0) is 30.3 Å². The summed E-state index contributed by atoms with van der Waals surface area (Å²) in [4.78, 5) is 11.1. The van der Waals surface area contributed by atoms with Crippen LogP contribution in [0, 0.1) is 5.92 Å². The second-order valence-electron chi connectivity index (χ2n) is 3.48. The standard InChI is InChI=1S/C11H17IO2/c1-8(5-9(2)7-12)6-10(3)11(13)14-4/h6-8H,5H2,1-4H3/b9-7+,10-6-/t8-/m1/s1. The number of allylic oxidation sites excluding steroid dienone is 2. The zero-order valence-electron chi connectivity index (χ0n) is 9.13. The fourth-order valence-electron chi connectivity index (χ4n) is 1.27. The van der Waals surface area contributed by atoms with Crippen molar-refractivity contribution in [3.8, 4) is 0 Å². The minimum atomic E-state index is -0.243. The number of ether oxygens (including phenoxy) is 1. The fraction of sp³-hybridized carbons (Fsp3) is 0.545. The molecule has 0 fully saturated rings. The summed E-state index contributed by atoms with van der Waals surface area (Å²) >= 11 is 2.23. The molecule has 2 nitrogen and oxygen atoms in total. The second kappa shape index (κ2) is 7.04. The van der Waals surface area contributed by atoms with E-state index in [1.54, 1.807) is 6.92 Å². The molecule has 1 atom stereocenters. The number of carbonyl (C=O) groups excluding carboxylic acids is 1. The average molecular weight is 308 g/mol. The van der Waals surface area contributed by atoms with Crippen LogP contribution in [0.15, 0.2) is 21.3 Å². The van der Waals surface area contributed by atoms with Crippen LogP contribution in [0.1, 0.15) is 27.2 Å². The monoisotopic (exact) mass is 308 g/mol. The molecule has 14 heavy (non-hydrogen) atoms. The Morgan fingerprint density at radius 3 is 2.50 bits per heavy atom. The molecule has 0 radical (unpaired) electrons. The van der Waals surface area contributed by atoms with Gasteiger partial charge in [0.05, 0.1) is 7.11 Å². The quantitative estimate of drug-likeness (QED) is 0.451. The Bertz CT molecular complexity index is 254. The first-order valence-electron chi connectivity index (χ1n) is 4.53. The molecule has 0 unspecified atom stereocenters. The fourth-order valence-corrected chi connectivity index (χ4v) is 1.52. The lowest BCUT2D eigenvalue weighted by Gasteiger charge is -2.07. The number of rotatable bonds is 4. The molecule has 0 aliphatic rings. The zero-order chi connectivity index (χ0) is 11.1. The van der Waals surface area contributed by atoms with E-state index in [-0.39, 0.29) is 5.97 Å². The Labute approximate surface area is 99.5 Å². The molecule has 0 saturated carbocycles. The van der Waals surface area contributed by atoms with Crippen LogP contribution in [-0.2, 0) is 9.53 Å². The molecule has 0 saturated heterocycles. The predicted octanol–water partition coefficient (Wildman–Crippen LogP) is 3.47. The first-order chi connectivity index (χ1) is 6.51. The molecule has 0 spiro atoms. The highest BCUT2D eigenvalue weighted by atomic mass is 127. The molecule has 80 valence electrons. The first kappa shape index (κ1) is 13.7. The molecule has 0 aromatic rings. The van der Waals surface area contributed by atoms with E-state index in [1.807, 2.05) is 6.08 Å². The third kappa shape index (κ3) is 5.42. The van der Waals surface area contributed by atoms with Gasteiger partial charge in [-0.15, -0.1) is 0 Å². The lowest BCUT2D eigenvalue weighted by Crippen LogP contribution is -2.03. The van der Waals surface area contributed by atoms with E-state index < -0.39 is 0 Å². The van der Waals surface area contributed by atoms with Gasteiger partial charge >= 0.3 is 5.97 Å². The van der Waals surface area contributed by atoms with Crippen LogP contribution in [0.5, 0.6) is 0 Å². The lowest BCUT2D eigenvalue weighted by molar-refractivity contribution is -0.136. The summed E-state index contributed by atoms with van der Waals surface area (Å²) in [6, 6.07) is 0. The van der Waals surface area contributed by atoms with Gasteiger partial charge in [0.25, 0.3) is 0 Å². The largest absolute Gasteiger partial charge is 0.466 e. The average Bonchev–Trinajstić information content (AvgIpc) is 2.15. The molecule has 0 aromatic heterocycles. The normalized spacial score (nSPS) is 15.2. The SMILES string of the molecule is COC(=O)/C(C)=C\[C@H](C)C/C(C)=C/I. The van der Waals surface area contributed by atoms with Gasteiger partial charge in [0, 0.05) is 5.57 Å². The summed E-state index contributed by atoms with van der Waals surface area (Å²) in [5.41, 5.74) is 2.01. The number of esters is 1. The van der Waals surface area contributed by atoms with Gasteiger partial charge in [0.1, 0.15) is 0 Å². The van der Waals surface area contributed by atoms with E-state index in [0.29, 0.717) is 11.5 Å². The van der Waals surface area contributed by atoms with Gasteiger partial charge in [0.15, 0.2) is 0 Å². The van der Waals surface area contributed by atoms with E-state index in [1.165, 1.54) is 12.7 Å². The molecule has 3 heteroatoms. The van der Waals surface area contributed by atoms with Crippen LogP contribution < -0.4 is 0 Å². The number of halogens is 1. The van der Waals surface area contributed by atoms with Crippen LogP contribution in [-0.4, -0.2) is 13.1 Å². The van der Waals surface area contributed by atoms with Crippen molar-refractivity contribution in [2.45, 2.75) is 27.2 Å². The van der Waals surface area contributed by atoms with Gasteiger partial charge in [-0.25, -0.2) is 4.79 Å². The Hall–Kier alpha value is -0.320. The molecule has 0 heterocycles. The highest BCUT2D eigenvalue weighted by molar-refractivity contribution is 14.1. The van der Waals surface area contributed by atoms with Gasteiger partial charge < -0.3 is 4.74 Å². The first-order valence-corrected chi connectivity index (χ1v) is 5.78. The number of methoxy groups -OCH3 is 1. The minimum Gasteiger partial charge on any atom is -0.466 e. The van der Waals surface area contributed by atoms with E-state index in [9.17, 15) is 4.79 Å². The van der Waals surface area contributed by atoms with Crippen molar-refractivity contribution in [3.05, 3.63) is 21.3 Å². The van der Waals surface area contributed by atoms with Gasteiger partial charge in [-0.3, -0.25) is 0 Å². The molecule has 0 aromatic carbocycles. The van der Waals surface area contributed by atoms with Crippen molar-refractivity contribution >= 4 is 28.6 Å². The minimum absolute atomic E-state index is 0.243. The van der Waals surface area contributed by atoms with Crippen molar-refractivity contribution in [1.82, 2.24) is 0 Å². The highest BCUT2D eigenvalue weighted by Gasteiger charge is 2.06. The maximum absolute atomic E-state index is 11.1. The van der Waals surface area contributed by atoms with Crippen LogP contribution in [0.2, 0.25) is 0 Å². The van der Waals surface area contributed by atoms with Crippen molar-refractivity contribution < 1.29 is 9.53 Å². The van der Waals surface area contributed by atoms with Crippen molar-refractivity contribution in [2.24, 2.45) is 5.92 Å². The van der Waals surface area contributed by atoms with Crippen molar-refractivity contribution in [2.75, 3.05) is 7.11 Å². The number of hydrogen-bond acceptors (Lipinski definition) is 2. The van der Waals surface area contributed by atoms with Crippen molar-refractivity contribution in [3.63, 3.8) is 0 Å². The third-order valence-electron chi connectivity index (χ3n) is 1.87. The van der Waals surface area contributed by atoms with E-state index in [4.69, 9.17) is 0 Å². The van der Waals surface area contributed by atoms with E-state index in [2.05, 4.69) is 45.3 Å². The zero-order valence-corrected chi connectivity index (χ0v) is 11.3. The predicted molar refractivity (Wildman–Crippen MR) is 67.3 cm³/mol. The maximum Gasteiger partial charge on any atom is 0.333 e. The molecular formula is C11H17IO2. The molecule has 0 aliphatic heterocycles. The van der Waals surface area contributed by atoms with E-state index in [0.717, 1.165) is 6.42 Å². The van der Waals surface area contributed by atoms with Crippen LogP contribution in [0.4, 0.5) is 0 Å². The Morgan fingerprint density at radius 1 is 1.50 bits per heavy atom. The van der Waals surface area contributed by atoms with Crippen LogP contribution in [0.25, 0.3) is 0 Å². The Kier molecular flexibility index (Phi) is 6.87. The van der Waals surface area contributed by atoms with Gasteiger partial charge in [0.2, 0.25) is 0 Å². The Balaban J connectivity index is 4.28. The summed E-state index contributed by atoms with van der Waals surface area (Å²) in [7, 11) is 1.40. The van der Waals surface area contributed by atoms with Crippen LogP contribution in [0.3, 0.4) is 0 Å². The van der Waals surface area contributed by atoms with Gasteiger partial charge in [-0.2, -0.15) is 0 Å². The molecule has 0 aliphatic carbocycles. The second-order valence-corrected chi connectivity index (χ2v) is 4.10. The Morgan fingerprint density at radius 2 is 2.07 bits per heavy atom. The molecule has 0 rings (SSSR count). The summed E-state index contributed by atoms with van der Waals surface area (Å²) in [6.45, 7) is 5.96. The third-order valence-corrected chi connectivity index (χ3v) is 2.94. The molecule has 0 N–H and O–H groups in total.